The van der Waals surface area contributed by atoms with Crippen molar-refractivity contribution in [2.24, 2.45) is 0 Å². The molecule has 0 aliphatic carbocycles. The van der Waals surface area contributed by atoms with Gasteiger partial charge in [0.05, 0.1) is 0 Å². The van der Waals surface area contributed by atoms with Crippen molar-refractivity contribution in [1.82, 2.24) is 0 Å². The molecule has 62 heavy (non-hydrogen) atoms. The van der Waals surface area contributed by atoms with Crippen LogP contribution in [-0.2, 0) is 0 Å². The van der Waals surface area contributed by atoms with Gasteiger partial charge in [-0.3, -0.25) is 0 Å². The van der Waals surface area contributed by atoms with Crippen LogP contribution in [0.1, 0.15) is 0 Å². The van der Waals surface area contributed by atoms with Gasteiger partial charge in [-0.2, -0.15) is 0 Å². The van der Waals surface area contributed by atoms with Crippen molar-refractivity contribution in [1.29, 1.82) is 0 Å². The molecule has 288 valence electrons. The van der Waals surface area contributed by atoms with Crippen LogP contribution in [0, 0.1) is 0 Å². The van der Waals surface area contributed by atoms with E-state index in [0.29, 0.717) is 0 Å². The molecule has 0 unspecified atom stereocenters. The van der Waals surface area contributed by atoms with Gasteiger partial charge in [0.15, 0.2) is 0 Å². The molecular weight excluding hydrogens is 745 g/mol. The lowest BCUT2D eigenvalue weighted by molar-refractivity contribution is 1.54. The van der Waals surface area contributed by atoms with E-state index in [9.17, 15) is 0 Å². The topological polar surface area (TPSA) is 0 Å². The largest absolute Gasteiger partial charge is 0.0622 e. The number of fused-ring (bicyclic) bond motifs is 6. The molecule has 0 radical (unpaired) electrons. The summed E-state index contributed by atoms with van der Waals surface area (Å²) in [6.07, 6.45) is 0. The van der Waals surface area contributed by atoms with Crippen LogP contribution in [0.15, 0.2) is 243 Å². The first-order chi connectivity index (χ1) is 30.8. The third-order valence-corrected chi connectivity index (χ3v) is 12.8. The molecular formula is C62H40. The smallest absolute Gasteiger partial charge is 0.00199 e. The number of benzene rings is 12. The van der Waals surface area contributed by atoms with Gasteiger partial charge in [-0.05, 0) is 157 Å². The molecule has 0 saturated carbocycles. The lowest BCUT2D eigenvalue weighted by Crippen LogP contribution is -1.94. The van der Waals surface area contributed by atoms with Crippen LogP contribution in [0.5, 0.6) is 0 Å². The lowest BCUT2D eigenvalue weighted by atomic mass is 9.82. The maximum absolute atomic E-state index is 2.44. The molecule has 0 aromatic heterocycles. The Bertz CT molecular complexity index is 3540. The summed E-state index contributed by atoms with van der Waals surface area (Å²) in [4.78, 5) is 0. The summed E-state index contributed by atoms with van der Waals surface area (Å²) in [6.45, 7) is 0. The van der Waals surface area contributed by atoms with Crippen molar-refractivity contribution < 1.29 is 0 Å². The maximum Gasteiger partial charge on any atom is -0.00199 e. The highest BCUT2D eigenvalue weighted by molar-refractivity contribution is 6.26. The minimum absolute atomic E-state index is 1.18. The average molecular weight is 785 g/mol. The van der Waals surface area contributed by atoms with Gasteiger partial charge < -0.3 is 0 Å². The summed E-state index contributed by atoms with van der Waals surface area (Å²) in [6, 6.07) is 89.4. The lowest BCUT2D eigenvalue weighted by Gasteiger charge is -2.21. The van der Waals surface area contributed by atoms with E-state index in [1.807, 2.05) is 0 Å². The van der Waals surface area contributed by atoms with Crippen molar-refractivity contribution in [3.63, 3.8) is 0 Å². The molecule has 0 atom stereocenters. The SMILES string of the molecule is c1ccc(-c2cc(-c3cccc(-c4c5ccccc5c(-c5cc6cc7ccccc7cc6c6ccccc56)c5ccccc45)c3)cc(-c3ccccc3)c2-c2ccccc2)cc1. The predicted octanol–water partition coefficient (Wildman–Crippen LogP) is 17.5. The monoisotopic (exact) mass is 784 g/mol. The van der Waals surface area contributed by atoms with E-state index in [1.165, 1.54) is 121 Å². The van der Waals surface area contributed by atoms with Gasteiger partial charge in [-0.25, -0.2) is 0 Å². The highest BCUT2D eigenvalue weighted by Crippen LogP contribution is 2.48. The van der Waals surface area contributed by atoms with E-state index < -0.39 is 0 Å². The van der Waals surface area contributed by atoms with Crippen molar-refractivity contribution in [3.8, 4) is 66.8 Å². The predicted molar refractivity (Wildman–Crippen MR) is 267 cm³/mol. The van der Waals surface area contributed by atoms with Gasteiger partial charge in [-0.1, -0.05) is 206 Å². The van der Waals surface area contributed by atoms with Gasteiger partial charge in [-0.15, -0.1) is 0 Å². The summed E-state index contributed by atoms with van der Waals surface area (Å²) in [5, 5.41) is 12.6. The third kappa shape index (κ3) is 5.99. The third-order valence-electron chi connectivity index (χ3n) is 12.8. The summed E-state index contributed by atoms with van der Waals surface area (Å²) in [5.41, 5.74) is 14.6. The van der Waals surface area contributed by atoms with Gasteiger partial charge >= 0.3 is 0 Å². The van der Waals surface area contributed by atoms with Crippen LogP contribution >= 0.6 is 0 Å². The second-order valence-electron chi connectivity index (χ2n) is 16.4. The molecule has 0 spiro atoms. The molecule has 12 rings (SSSR count). The van der Waals surface area contributed by atoms with Gasteiger partial charge in [0.2, 0.25) is 0 Å². The molecule has 12 aromatic rings. The fourth-order valence-electron chi connectivity index (χ4n) is 10.0. The van der Waals surface area contributed by atoms with Crippen molar-refractivity contribution >= 4 is 53.9 Å². The summed E-state index contributed by atoms with van der Waals surface area (Å²) < 4.78 is 0. The first kappa shape index (κ1) is 35.8. The fraction of sp³-hybridized carbons (Fsp3) is 0. The molecule has 0 heterocycles. The zero-order valence-electron chi connectivity index (χ0n) is 34.1. The maximum atomic E-state index is 2.44. The Kier molecular flexibility index (Phi) is 8.61. The second-order valence-corrected chi connectivity index (χ2v) is 16.4. The van der Waals surface area contributed by atoms with Crippen molar-refractivity contribution in [2.45, 2.75) is 0 Å². The second kappa shape index (κ2) is 14.9. The van der Waals surface area contributed by atoms with Crippen LogP contribution in [0.25, 0.3) is 121 Å². The fourth-order valence-corrected chi connectivity index (χ4v) is 10.0. The molecule has 0 saturated heterocycles. The van der Waals surface area contributed by atoms with Gasteiger partial charge in [0.1, 0.15) is 0 Å². The number of hydrogen-bond donors (Lipinski definition) is 0. The van der Waals surface area contributed by atoms with E-state index in [1.54, 1.807) is 0 Å². The Hall–Kier alpha value is -8.06. The zero-order valence-corrected chi connectivity index (χ0v) is 34.1. The van der Waals surface area contributed by atoms with Crippen LogP contribution in [0.3, 0.4) is 0 Å². The highest BCUT2D eigenvalue weighted by atomic mass is 14.2. The molecule has 0 nitrogen and oxygen atoms in total. The van der Waals surface area contributed by atoms with Crippen LogP contribution < -0.4 is 0 Å². The Balaban J connectivity index is 1.11. The Labute approximate surface area is 361 Å². The van der Waals surface area contributed by atoms with Crippen molar-refractivity contribution in [2.75, 3.05) is 0 Å². The molecule has 0 aliphatic heterocycles. The van der Waals surface area contributed by atoms with Crippen LogP contribution in [0.4, 0.5) is 0 Å². The van der Waals surface area contributed by atoms with Crippen molar-refractivity contribution in [3.05, 3.63) is 243 Å². The molecule has 0 bridgehead atoms. The first-order valence-corrected chi connectivity index (χ1v) is 21.5. The Morgan fingerprint density at radius 3 is 1.18 bits per heavy atom. The summed E-state index contributed by atoms with van der Waals surface area (Å²) in [7, 11) is 0. The molecule has 12 aromatic carbocycles. The minimum atomic E-state index is 1.18. The summed E-state index contributed by atoms with van der Waals surface area (Å²) in [5.74, 6) is 0. The first-order valence-electron chi connectivity index (χ1n) is 21.5. The molecule has 0 heteroatoms. The standard InChI is InChI=1S/C62H40/c1-4-19-41(20-5-1)57-38-48(39-58(42-21-6-2-7-22-42)60(57)43-23-8-3-9-24-43)45-27-18-28-47(35-45)61-52-31-14-16-33-54(52)62(55-34-17-15-32-53(55)61)59-40-49-36-44-25-10-11-26-46(44)37-56(49)50-29-12-13-30-51(50)59/h1-40H. The van der Waals surface area contributed by atoms with Crippen LogP contribution in [0.2, 0.25) is 0 Å². The van der Waals surface area contributed by atoms with E-state index in [-0.39, 0.29) is 0 Å². The van der Waals surface area contributed by atoms with Gasteiger partial charge in [0.25, 0.3) is 0 Å². The van der Waals surface area contributed by atoms with E-state index in [4.69, 9.17) is 0 Å². The zero-order chi connectivity index (χ0) is 41.0. The number of rotatable bonds is 6. The Morgan fingerprint density at radius 1 is 0.161 bits per heavy atom. The normalized spacial score (nSPS) is 11.5. The summed E-state index contributed by atoms with van der Waals surface area (Å²) >= 11 is 0. The number of hydrogen-bond acceptors (Lipinski definition) is 0. The molecule has 0 aliphatic rings. The molecule has 0 amide bonds. The molecule has 0 N–H and O–H groups in total. The van der Waals surface area contributed by atoms with E-state index >= 15 is 0 Å². The molecule has 0 fully saturated rings. The Morgan fingerprint density at radius 2 is 0.597 bits per heavy atom. The average Bonchev–Trinajstić information content (AvgIpc) is 3.35. The van der Waals surface area contributed by atoms with Gasteiger partial charge in [0, 0.05) is 0 Å². The quantitative estimate of drug-likeness (QED) is 0.116. The van der Waals surface area contributed by atoms with E-state index in [2.05, 4.69) is 243 Å². The minimum Gasteiger partial charge on any atom is -0.0622 e. The van der Waals surface area contributed by atoms with Crippen LogP contribution in [-0.4, -0.2) is 0 Å². The highest BCUT2D eigenvalue weighted by Gasteiger charge is 2.21. The van der Waals surface area contributed by atoms with E-state index in [0.717, 1.165) is 0 Å².